The van der Waals surface area contributed by atoms with Gasteiger partial charge >= 0.3 is 0 Å². The van der Waals surface area contributed by atoms with Crippen LogP contribution in [0, 0.1) is 0 Å². The Hall–Kier alpha value is -2.50. The Balaban J connectivity index is 1.35. The Morgan fingerprint density at radius 3 is 2.52 bits per heavy atom. The van der Waals surface area contributed by atoms with E-state index in [1.54, 1.807) is 11.8 Å². The minimum atomic E-state index is 0.00653. The molecule has 0 radical (unpaired) electrons. The van der Waals surface area contributed by atoms with Gasteiger partial charge in [0.1, 0.15) is 0 Å². The summed E-state index contributed by atoms with van der Waals surface area (Å²) in [6.07, 6.45) is 0. The first-order valence-electron chi connectivity index (χ1n) is 9.13. The van der Waals surface area contributed by atoms with Gasteiger partial charge in [-0.25, -0.2) is 0 Å². The van der Waals surface area contributed by atoms with E-state index in [1.165, 1.54) is 16.5 Å². The molecule has 1 fully saturated rings. The molecule has 4 nitrogen and oxygen atoms in total. The molecule has 1 saturated heterocycles. The first-order chi connectivity index (χ1) is 13.3. The molecule has 5 heteroatoms. The summed E-state index contributed by atoms with van der Waals surface area (Å²) in [5, 5.41) is 5.37. The second kappa shape index (κ2) is 8.46. The number of nitrogens with zero attached hydrogens (tertiary/aromatic N) is 1. The van der Waals surface area contributed by atoms with Crippen LogP contribution in [0.25, 0.3) is 10.8 Å². The van der Waals surface area contributed by atoms with E-state index in [0.29, 0.717) is 5.75 Å². The van der Waals surface area contributed by atoms with Gasteiger partial charge in [0.25, 0.3) is 0 Å². The molecule has 1 aliphatic heterocycles. The van der Waals surface area contributed by atoms with E-state index in [0.717, 1.165) is 36.9 Å². The molecular formula is C22H22N2O2S. The van der Waals surface area contributed by atoms with Gasteiger partial charge in [-0.2, -0.15) is 0 Å². The van der Waals surface area contributed by atoms with Gasteiger partial charge < -0.3 is 15.0 Å². The second-order valence-corrected chi connectivity index (χ2v) is 7.48. The zero-order chi connectivity index (χ0) is 18.5. The summed E-state index contributed by atoms with van der Waals surface area (Å²) in [7, 11) is 0. The van der Waals surface area contributed by atoms with Gasteiger partial charge in [-0.3, -0.25) is 4.79 Å². The van der Waals surface area contributed by atoms with E-state index in [-0.39, 0.29) is 5.91 Å². The van der Waals surface area contributed by atoms with Crippen LogP contribution in [0.4, 0.5) is 11.4 Å². The van der Waals surface area contributed by atoms with E-state index in [1.807, 2.05) is 30.3 Å². The summed E-state index contributed by atoms with van der Waals surface area (Å²) in [5.74, 6) is 0.395. The lowest BCUT2D eigenvalue weighted by Gasteiger charge is -2.28. The zero-order valence-electron chi connectivity index (χ0n) is 15.1. The molecule has 0 spiro atoms. The van der Waals surface area contributed by atoms with Crippen molar-refractivity contribution in [1.82, 2.24) is 0 Å². The highest BCUT2D eigenvalue weighted by atomic mass is 32.2. The number of fused-ring (bicyclic) bond motifs is 1. The van der Waals surface area contributed by atoms with Crippen molar-refractivity contribution in [2.24, 2.45) is 0 Å². The molecular weight excluding hydrogens is 356 g/mol. The largest absolute Gasteiger partial charge is 0.378 e. The molecule has 1 heterocycles. The average Bonchev–Trinajstić information content (AvgIpc) is 2.73. The van der Waals surface area contributed by atoms with Crippen LogP contribution in [0.15, 0.2) is 71.6 Å². The Labute approximate surface area is 163 Å². The van der Waals surface area contributed by atoms with Gasteiger partial charge in [-0.15, -0.1) is 11.8 Å². The van der Waals surface area contributed by atoms with Gasteiger partial charge in [0.15, 0.2) is 0 Å². The Kier molecular flexibility index (Phi) is 5.61. The summed E-state index contributed by atoms with van der Waals surface area (Å²) >= 11 is 1.57. The predicted molar refractivity (Wildman–Crippen MR) is 113 cm³/mol. The first kappa shape index (κ1) is 17.9. The number of morpholine rings is 1. The number of carbonyl (C=O) groups excluding carboxylic acids is 1. The van der Waals surface area contributed by atoms with Crippen molar-refractivity contribution in [2.45, 2.75) is 4.90 Å². The normalized spacial score (nSPS) is 14.3. The fraction of sp³-hybridized carbons (Fsp3) is 0.227. The third kappa shape index (κ3) is 4.43. The number of anilines is 2. The van der Waals surface area contributed by atoms with Crippen LogP contribution in [0.5, 0.6) is 0 Å². The van der Waals surface area contributed by atoms with Crippen LogP contribution in [-0.2, 0) is 9.53 Å². The number of thioether (sulfide) groups is 1. The van der Waals surface area contributed by atoms with E-state index in [9.17, 15) is 4.79 Å². The van der Waals surface area contributed by atoms with E-state index in [4.69, 9.17) is 4.74 Å². The summed E-state index contributed by atoms with van der Waals surface area (Å²) in [6, 6.07) is 22.5. The molecule has 0 unspecified atom stereocenters. The molecule has 1 N–H and O–H groups in total. The molecule has 0 aliphatic carbocycles. The van der Waals surface area contributed by atoms with Crippen LogP contribution < -0.4 is 10.2 Å². The molecule has 1 amide bonds. The number of ether oxygens (including phenoxy) is 1. The molecule has 3 aromatic rings. The monoisotopic (exact) mass is 378 g/mol. The van der Waals surface area contributed by atoms with Gasteiger partial charge in [-0.1, -0.05) is 36.4 Å². The summed E-state index contributed by atoms with van der Waals surface area (Å²) < 4.78 is 5.39. The number of hydrogen-bond donors (Lipinski definition) is 1. The van der Waals surface area contributed by atoms with Crippen LogP contribution in [0.1, 0.15) is 0 Å². The highest BCUT2D eigenvalue weighted by Gasteiger charge is 2.11. The van der Waals surface area contributed by atoms with Crippen molar-refractivity contribution < 1.29 is 9.53 Å². The Bertz CT molecular complexity index is 916. The van der Waals surface area contributed by atoms with Gasteiger partial charge in [0, 0.05) is 29.4 Å². The first-order valence-corrected chi connectivity index (χ1v) is 10.1. The van der Waals surface area contributed by atoms with Crippen molar-refractivity contribution >= 4 is 39.8 Å². The Morgan fingerprint density at radius 2 is 1.70 bits per heavy atom. The third-order valence-electron chi connectivity index (χ3n) is 4.64. The average molecular weight is 378 g/mol. The van der Waals surface area contributed by atoms with Crippen LogP contribution in [-0.4, -0.2) is 38.0 Å². The maximum atomic E-state index is 12.3. The van der Waals surface area contributed by atoms with E-state index >= 15 is 0 Å². The molecule has 4 rings (SSSR count). The zero-order valence-corrected chi connectivity index (χ0v) is 15.9. The number of nitrogens with one attached hydrogen (secondary N) is 1. The molecule has 0 bridgehead atoms. The van der Waals surface area contributed by atoms with Gasteiger partial charge in [0.2, 0.25) is 5.91 Å². The summed E-state index contributed by atoms with van der Waals surface area (Å²) in [4.78, 5) is 15.8. The highest BCUT2D eigenvalue weighted by molar-refractivity contribution is 8.00. The van der Waals surface area contributed by atoms with Gasteiger partial charge in [-0.05, 0) is 41.1 Å². The molecule has 1 aliphatic rings. The van der Waals surface area contributed by atoms with Crippen molar-refractivity contribution in [2.75, 3.05) is 42.3 Å². The quantitative estimate of drug-likeness (QED) is 0.668. The SMILES string of the molecule is O=C(CSc1cccc2ccccc12)Nc1ccc(N2CCOCC2)cc1. The van der Waals surface area contributed by atoms with E-state index < -0.39 is 0 Å². The predicted octanol–water partition coefficient (Wildman–Crippen LogP) is 4.41. The fourth-order valence-electron chi connectivity index (χ4n) is 3.24. The topological polar surface area (TPSA) is 41.6 Å². The standard InChI is InChI=1S/C22H22N2O2S/c25-22(16-27-21-7-3-5-17-4-1-2-6-20(17)21)23-18-8-10-19(11-9-18)24-12-14-26-15-13-24/h1-11H,12-16H2,(H,23,25). The van der Waals surface area contributed by atoms with Crippen molar-refractivity contribution in [3.05, 3.63) is 66.7 Å². The highest BCUT2D eigenvalue weighted by Crippen LogP contribution is 2.28. The smallest absolute Gasteiger partial charge is 0.234 e. The minimum Gasteiger partial charge on any atom is -0.378 e. The number of rotatable bonds is 5. The number of carbonyl (C=O) groups is 1. The molecule has 27 heavy (non-hydrogen) atoms. The number of amides is 1. The lowest BCUT2D eigenvalue weighted by atomic mass is 10.1. The maximum absolute atomic E-state index is 12.3. The fourth-order valence-corrected chi connectivity index (χ4v) is 4.11. The third-order valence-corrected chi connectivity index (χ3v) is 5.71. The van der Waals surface area contributed by atoms with Crippen molar-refractivity contribution in [3.8, 4) is 0 Å². The summed E-state index contributed by atoms with van der Waals surface area (Å²) in [6.45, 7) is 3.36. The Morgan fingerprint density at radius 1 is 0.963 bits per heavy atom. The molecule has 0 saturated carbocycles. The summed E-state index contributed by atoms with van der Waals surface area (Å²) in [5.41, 5.74) is 2.00. The molecule has 3 aromatic carbocycles. The molecule has 138 valence electrons. The van der Waals surface area contributed by atoms with Crippen LogP contribution in [0.3, 0.4) is 0 Å². The lowest BCUT2D eigenvalue weighted by Crippen LogP contribution is -2.36. The van der Waals surface area contributed by atoms with Crippen LogP contribution in [0.2, 0.25) is 0 Å². The second-order valence-electron chi connectivity index (χ2n) is 6.46. The van der Waals surface area contributed by atoms with Gasteiger partial charge in [0.05, 0.1) is 19.0 Å². The number of benzene rings is 3. The minimum absolute atomic E-state index is 0.00653. The molecule has 0 aromatic heterocycles. The maximum Gasteiger partial charge on any atom is 0.234 e. The molecule has 0 atom stereocenters. The van der Waals surface area contributed by atoms with Crippen molar-refractivity contribution in [1.29, 1.82) is 0 Å². The van der Waals surface area contributed by atoms with Crippen molar-refractivity contribution in [3.63, 3.8) is 0 Å². The van der Waals surface area contributed by atoms with E-state index in [2.05, 4.69) is 46.6 Å². The van der Waals surface area contributed by atoms with Crippen LogP contribution >= 0.6 is 11.8 Å². The lowest BCUT2D eigenvalue weighted by molar-refractivity contribution is -0.113. The number of hydrogen-bond acceptors (Lipinski definition) is 4.